The number of ether oxygens (including phenoxy) is 1. The molecule has 0 aliphatic rings. The number of fused-ring (bicyclic) bond motifs is 2. The number of para-hydroxylation sites is 3. The second-order valence-corrected chi connectivity index (χ2v) is 7.62. The Morgan fingerprint density at radius 2 is 1.22 bits per heavy atom. The van der Waals surface area contributed by atoms with E-state index in [2.05, 4.69) is 37.5 Å². The Balaban J connectivity index is 2.04. The van der Waals surface area contributed by atoms with Crippen molar-refractivity contribution in [3.63, 3.8) is 0 Å². The molecule has 1 aromatic heterocycles. The van der Waals surface area contributed by atoms with Gasteiger partial charge in [-0.05, 0) is 24.3 Å². The van der Waals surface area contributed by atoms with Gasteiger partial charge in [-0.2, -0.15) is 4.57 Å². The van der Waals surface area contributed by atoms with Gasteiger partial charge in [-0.1, -0.05) is 42.5 Å². The molecular formula is C24H22NO2+. The fraction of sp³-hybridized carbons (Fsp3) is 0.167. The van der Waals surface area contributed by atoms with Crippen LogP contribution >= 0.6 is 0 Å². The molecule has 0 amide bonds. The largest absolute Gasteiger partial charge is 0.423 e. The Labute approximate surface area is 158 Å². The fourth-order valence-electron chi connectivity index (χ4n) is 3.62. The molecule has 0 N–H and O–H groups in total. The maximum absolute atomic E-state index is 13.2. The Bertz CT molecular complexity index is 1080. The monoisotopic (exact) mass is 356 g/mol. The molecule has 4 aromatic rings. The molecule has 0 saturated carbocycles. The topological polar surface area (TPSA) is 30.2 Å². The number of pyridine rings is 1. The fourth-order valence-corrected chi connectivity index (χ4v) is 3.62. The van der Waals surface area contributed by atoms with Crippen molar-refractivity contribution in [2.24, 2.45) is 0 Å². The van der Waals surface area contributed by atoms with Crippen molar-refractivity contribution in [2.45, 2.75) is 26.3 Å². The van der Waals surface area contributed by atoms with Crippen LogP contribution < -0.4 is 9.30 Å². The summed E-state index contributed by atoms with van der Waals surface area (Å²) in [5, 5.41) is 1.79. The molecule has 0 fully saturated rings. The average Bonchev–Trinajstić information content (AvgIpc) is 2.65. The van der Waals surface area contributed by atoms with E-state index in [9.17, 15) is 4.79 Å². The van der Waals surface area contributed by atoms with Gasteiger partial charge in [0.15, 0.2) is 5.54 Å². The quantitative estimate of drug-likeness (QED) is 0.212. The van der Waals surface area contributed by atoms with Crippen LogP contribution in [0.15, 0.2) is 78.9 Å². The van der Waals surface area contributed by atoms with E-state index in [-0.39, 0.29) is 11.5 Å². The number of carbonyl (C=O) groups is 1. The first kappa shape index (κ1) is 17.2. The standard InChI is InChI=1S/C24H22NO2/c1-24(2,3)25-20-15-9-7-13-18(20)22(19-14-8-10-16-21(19)25)23(26)27-17-11-5-4-6-12-17/h4-16H,1-3H3/q+1. The molecule has 1 heterocycles. The maximum Gasteiger partial charge on any atom is 0.345 e. The lowest BCUT2D eigenvalue weighted by Crippen LogP contribution is -2.51. The zero-order valence-electron chi connectivity index (χ0n) is 15.8. The van der Waals surface area contributed by atoms with E-state index >= 15 is 0 Å². The van der Waals surface area contributed by atoms with Crippen LogP contribution in [0.25, 0.3) is 21.8 Å². The van der Waals surface area contributed by atoms with Crippen LogP contribution in [0.4, 0.5) is 0 Å². The molecule has 3 nitrogen and oxygen atoms in total. The lowest BCUT2D eigenvalue weighted by Gasteiger charge is -2.19. The number of hydrogen-bond donors (Lipinski definition) is 0. The molecule has 27 heavy (non-hydrogen) atoms. The van der Waals surface area contributed by atoms with Crippen LogP contribution in [-0.4, -0.2) is 5.97 Å². The van der Waals surface area contributed by atoms with Crippen molar-refractivity contribution in [3.8, 4) is 5.75 Å². The highest BCUT2D eigenvalue weighted by Crippen LogP contribution is 2.28. The van der Waals surface area contributed by atoms with E-state index in [1.54, 1.807) is 12.1 Å². The van der Waals surface area contributed by atoms with Crippen molar-refractivity contribution in [2.75, 3.05) is 0 Å². The molecule has 0 unspecified atom stereocenters. The molecule has 0 aliphatic carbocycles. The Hall–Kier alpha value is -3.20. The third kappa shape index (κ3) is 3.06. The van der Waals surface area contributed by atoms with Crippen molar-refractivity contribution in [3.05, 3.63) is 84.4 Å². The normalized spacial score (nSPS) is 11.7. The van der Waals surface area contributed by atoms with Crippen LogP contribution in [0.1, 0.15) is 31.1 Å². The number of esters is 1. The van der Waals surface area contributed by atoms with Crippen LogP contribution in [0.3, 0.4) is 0 Å². The average molecular weight is 356 g/mol. The van der Waals surface area contributed by atoms with Gasteiger partial charge >= 0.3 is 5.97 Å². The number of nitrogens with zero attached hydrogens (tertiary/aromatic N) is 1. The molecule has 3 aromatic carbocycles. The van der Waals surface area contributed by atoms with Gasteiger partial charge in [0.1, 0.15) is 5.75 Å². The second-order valence-electron chi connectivity index (χ2n) is 7.62. The van der Waals surface area contributed by atoms with Gasteiger partial charge in [0.05, 0.1) is 16.3 Å². The Morgan fingerprint density at radius 1 is 0.741 bits per heavy atom. The van der Waals surface area contributed by atoms with Crippen LogP contribution in [0.2, 0.25) is 0 Å². The second kappa shape index (κ2) is 6.51. The van der Waals surface area contributed by atoms with Crippen LogP contribution in [0, 0.1) is 0 Å². The Morgan fingerprint density at radius 3 is 1.74 bits per heavy atom. The molecular weight excluding hydrogens is 334 g/mol. The zero-order valence-corrected chi connectivity index (χ0v) is 15.8. The predicted molar refractivity (Wildman–Crippen MR) is 108 cm³/mol. The summed E-state index contributed by atoms with van der Waals surface area (Å²) in [6.07, 6.45) is 0. The minimum absolute atomic E-state index is 0.138. The van der Waals surface area contributed by atoms with Gasteiger partial charge in [-0.15, -0.1) is 0 Å². The summed E-state index contributed by atoms with van der Waals surface area (Å²) in [7, 11) is 0. The van der Waals surface area contributed by atoms with Gasteiger partial charge in [-0.3, -0.25) is 0 Å². The van der Waals surface area contributed by atoms with Gasteiger partial charge in [0.2, 0.25) is 11.0 Å². The molecule has 0 saturated heterocycles. The highest BCUT2D eigenvalue weighted by Gasteiger charge is 2.31. The molecule has 3 heteroatoms. The van der Waals surface area contributed by atoms with Gasteiger partial charge < -0.3 is 4.74 Å². The smallest absolute Gasteiger partial charge is 0.345 e. The van der Waals surface area contributed by atoms with E-state index in [1.807, 2.05) is 54.6 Å². The SMILES string of the molecule is CC(C)(C)[n+]1c2ccccc2c(C(=O)Oc2ccccc2)c2ccccc21. The highest BCUT2D eigenvalue weighted by atomic mass is 16.5. The summed E-state index contributed by atoms with van der Waals surface area (Å²) in [6, 6.07) is 25.2. The summed E-state index contributed by atoms with van der Waals surface area (Å²) in [4.78, 5) is 13.2. The van der Waals surface area contributed by atoms with Gasteiger partial charge in [-0.25, -0.2) is 4.79 Å². The first-order chi connectivity index (χ1) is 13.0. The first-order valence-corrected chi connectivity index (χ1v) is 9.10. The number of benzene rings is 3. The van der Waals surface area contributed by atoms with E-state index in [1.165, 1.54) is 0 Å². The van der Waals surface area contributed by atoms with Crippen LogP contribution in [0.5, 0.6) is 5.75 Å². The summed E-state index contributed by atoms with van der Waals surface area (Å²) >= 11 is 0. The summed E-state index contributed by atoms with van der Waals surface area (Å²) in [5.41, 5.74) is 2.50. The lowest BCUT2D eigenvalue weighted by molar-refractivity contribution is -0.706. The van der Waals surface area contributed by atoms with E-state index in [0.29, 0.717) is 11.3 Å². The van der Waals surface area contributed by atoms with Gasteiger partial charge in [0.25, 0.3) is 0 Å². The highest BCUT2D eigenvalue weighted by molar-refractivity contribution is 6.13. The third-order valence-corrected chi connectivity index (χ3v) is 4.66. The molecule has 0 aliphatic heterocycles. The summed E-state index contributed by atoms with van der Waals surface area (Å²) in [5.74, 6) is 0.206. The van der Waals surface area contributed by atoms with Crippen molar-refractivity contribution in [1.29, 1.82) is 0 Å². The summed E-state index contributed by atoms with van der Waals surface area (Å²) < 4.78 is 7.98. The molecule has 0 atom stereocenters. The first-order valence-electron chi connectivity index (χ1n) is 9.10. The number of rotatable bonds is 2. The molecule has 0 spiro atoms. The Kier molecular flexibility index (Phi) is 4.15. The molecule has 0 radical (unpaired) electrons. The molecule has 4 rings (SSSR count). The van der Waals surface area contributed by atoms with Crippen molar-refractivity contribution < 1.29 is 14.1 Å². The minimum Gasteiger partial charge on any atom is -0.423 e. The van der Waals surface area contributed by atoms with E-state index in [4.69, 9.17) is 4.74 Å². The van der Waals surface area contributed by atoms with E-state index in [0.717, 1.165) is 21.8 Å². The number of carbonyl (C=O) groups excluding carboxylic acids is 1. The van der Waals surface area contributed by atoms with Crippen molar-refractivity contribution in [1.82, 2.24) is 0 Å². The maximum atomic E-state index is 13.2. The van der Waals surface area contributed by atoms with E-state index < -0.39 is 0 Å². The molecule has 0 bridgehead atoms. The van der Waals surface area contributed by atoms with Crippen LogP contribution in [-0.2, 0) is 5.54 Å². The predicted octanol–water partition coefficient (Wildman–Crippen LogP) is 5.25. The zero-order chi connectivity index (χ0) is 19.0. The number of hydrogen-bond acceptors (Lipinski definition) is 2. The third-order valence-electron chi connectivity index (χ3n) is 4.66. The minimum atomic E-state index is -0.338. The number of aromatic nitrogens is 1. The molecule has 134 valence electrons. The summed E-state index contributed by atoms with van der Waals surface area (Å²) in [6.45, 7) is 6.52. The lowest BCUT2D eigenvalue weighted by atomic mass is 9.98. The van der Waals surface area contributed by atoms with Crippen molar-refractivity contribution >= 4 is 27.8 Å². The van der Waals surface area contributed by atoms with Gasteiger partial charge in [0, 0.05) is 32.9 Å².